The van der Waals surface area contributed by atoms with Crippen LogP contribution in [-0.2, 0) is 0 Å². The molecule has 0 aliphatic heterocycles. The van der Waals surface area contributed by atoms with Crippen molar-refractivity contribution in [1.82, 2.24) is 0 Å². The van der Waals surface area contributed by atoms with Crippen molar-refractivity contribution in [3.63, 3.8) is 0 Å². The first-order chi connectivity index (χ1) is 6.50. The lowest BCUT2D eigenvalue weighted by Crippen LogP contribution is -1.70. The molecule has 0 aromatic carbocycles. The van der Waals surface area contributed by atoms with E-state index in [1.54, 1.807) is 0 Å². The average molecular weight is 173 g/mol. The second-order valence-electron chi connectivity index (χ2n) is 3.06. The highest BCUT2D eigenvalue weighted by Crippen LogP contribution is 2.00. The molecule has 1 aliphatic rings. The SMILES string of the molecule is [CH]1/C=C/C=C/C=C\CC/C=C\CC1. The van der Waals surface area contributed by atoms with Gasteiger partial charge in [0.2, 0.25) is 0 Å². The van der Waals surface area contributed by atoms with Crippen LogP contribution in [0.4, 0.5) is 0 Å². The largest absolute Gasteiger partial charge is 0.0885 e. The molecule has 0 aromatic rings. The zero-order valence-corrected chi connectivity index (χ0v) is 8.02. The lowest BCUT2D eigenvalue weighted by Gasteiger charge is -1.89. The second-order valence-corrected chi connectivity index (χ2v) is 3.06. The molecular formula is C13H17. The van der Waals surface area contributed by atoms with Gasteiger partial charge < -0.3 is 0 Å². The molecule has 1 radical (unpaired) electrons. The van der Waals surface area contributed by atoms with Crippen molar-refractivity contribution < 1.29 is 0 Å². The van der Waals surface area contributed by atoms with E-state index < -0.39 is 0 Å². The van der Waals surface area contributed by atoms with Crippen LogP contribution in [0.1, 0.15) is 25.7 Å². The first-order valence-corrected chi connectivity index (χ1v) is 4.97. The Morgan fingerprint density at radius 3 is 2.00 bits per heavy atom. The van der Waals surface area contributed by atoms with Gasteiger partial charge >= 0.3 is 0 Å². The van der Waals surface area contributed by atoms with Gasteiger partial charge in [-0.1, -0.05) is 48.6 Å². The molecular weight excluding hydrogens is 156 g/mol. The number of hydrogen-bond donors (Lipinski definition) is 0. The Hall–Kier alpha value is -1.04. The fourth-order valence-electron chi connectivity index (χ4n) is 1.16. The van der Waals surface area contributed by atoms with Gasteiger partial charge in [0.1, 0.15) is 0 Å². The Balaban J connectivity index is 2.38. The molecule has 69 valence electrons. The van der Waals surface area contributed by atoms with Gasteiger partial charge in [-0.3, -0.25) is 0 Å². The van der Waals surface area contributed by atoms with E-state index in [0.717, 1.165) is 25.7 Å². The molecule has 0 fully saturated rings. The van der Waals surface area contributed by atoms with E-state index >= 15 is 0 Å². The summed E-state index contributed by atoms with van der Waals surface area (Å²) in [6.45, 7) is 0. The standard InChI is InChI=1S/C13H17/c1-2-4-6-8-10-12-13-11-9-7-5-3-1/h1-7,12-13H,8-11H2/b2-1+,5-3+,6-4-,13-12-. The molecule has 0 amide bonds. The van der Waals surface area contributed by atoms with E-state index in [0.29, 0.717) is 0 Å². The fourth-order valence-corrected chi connectivity index (χ4v) is 1.16. The Bertz CT molecular complexity index is 216. The highest BCUT2D eigenvalue weighted by molar-refractivity contribution is 5.13. The summed E-state index contributed by atoms with van der Waals surface area (Å²) in [6.07, 6.45) is 24.0. The Morgan fingerprint density at radius 1 is 0.462 bits per heavy atom. The molecule has 0 saturated carbocycles. The molecule has 0 aromatic heterocycles. The highest BCUT2D eigenvalue weighted by atomic mass is 13.9. The average Bonchev–Trinajstić information content (AvgIpc) is 2.18. The summed E-state index contributed by atoms with van der Waals surface area (Å²) >= 11 is 0. The molecule has 13 heavy (non-hydrogen) atoms. The maximum atomic E-state index is 2.27. The zero-order valence-electron chi connectivity index (χ0n) is 8.02. The van der Waals surface area contributed by atoms with Crippen LogP contribution in [0.5, 0.6) is 0 Å². The van der Waals surface area contributed by atoms with Crippen molar-refractivity contribution in [3.05, 3.63) is 55.0 Å². The quantitative estimate of drug-likeness (QED) is 0.486. The molecule has 0 atom stereocenters. The van der Waals surface area contributed by atoms with E-state index in [1.165, 1.54) is 0 Å². The lowest BCUT2D eigenvalue weighted by atomic mass is 10.2. The number of allylic oxidation sites excluding steroid dienone is 8. The van der Waals surface area contributed by atoms with Crippen molar-refractivity contribution in [3.8, 4) is 0 Å². The van der Waals surface area contributed by atoms with Crippen molar-refractivity contribution in [2.45, 2.75) is 25.7 Å². The molecule has 1 aliphatic carbocycles. The smallest absolute Gasteiger partial charge is 0.0164 e. The molecule has 0 bridgehead atoms. The third-order valence-electron chi connectivity index (χ3n) is 1.88. The fraction of sp³-hybridized carbons (Fsp3) is 0.308. The van der Waals surface area contributed by atoms with Crippen molar-refractivity contribution in [1.29, 1.82) is 0 Å². The number of rotatable bonds is 0. The van der Waals surface area contributed by atoms with Gasteiger partial charge in [0.15, 0.2) is 0 Å². The Labute approximate surface area is 81.4 Å². The van der Waals surface area contributed by atoms with Crippen LogP contribution in [0.25, 0.3) is 0 Å². The summed E-state index contributed by atoms with van der Waals surface area (Å²) in [6, 6.07) is 0. The summed E-state index contributed by atoms with van der Waals surface area (Å²) in [5.41, 5.74) is 0. The van der Waals surface area contributed by atoms with E-state index in [2.05, 4.69) is 55.0 Å². The Morgan fingerprint density at radius 2 is 1.08 bits per heavy atom. The van der Waals surface area contributed by atoms with Crippen LogP contribution < -0.4 is 0 Å². The summed E-state index contributed by atoms with van der Waals surface area (Å²) < 4.78 is 0. The van der Waals surface area contributed by atoms with Crippen LogP contribution in [0, 0.1) is 6.42 Å². The van der Waals surface area contributed by atoms with Crippen LogP contribution in [0.3, 0.4) is 0 Å². The van der Waals surface area contributed by atoms with Gasteiger partial charge in [-0.25, -0.2) is 0 Å². The van der Waals surface area contributed by atoms with Crippen LogP contribution >= 0.6 is 0 Å². The van der Waals surface area contributed by atoms with Crippen molar-refractivity contribution in [2.75, 3.05) is 0 Å². The molecule has 0 spiro atoms. The lowest BCUT2D eigenvalue weighted by molar-refractivity contribution is 0.978. The minimum absolute atomic E-state index is 1.15. The number of hydrogen-bond acceptors (Lipinski definition) is 0. The molecule has 0 nitrogen and oxygen atoms in total. The second kappa shape index (κ2) is 7.60. The molecule has 0 unspecified atom stereocenters. The predicted octanol–water partition coefficient (Wildman–Crippen LogP) is 3.99. The van der Waals surface area contributed by atoms with Gasteiger partial charge in [-0.2, -0.15) is 0 Å². The van der Waals surface area contributed by atoms with Crippen molar-refractivity contribution in [2.24, 2.45) is 0 Å². The third-order valence-corrected chi connectivity index (χ3v) is 1.88. The monoisotopic (exact) mass is 173 g/mol. The van der Waals surface area contributed by atoms with E-state index in [1.807, 2.05) is 0 Å². The predicted molar refractivity (Wildman–Crippen MR) is 59.3 cm³/mol. The molecule has 0 saturated heterocycles. The van der Waals surface area contributed by atoms with Crippen LogP contribution in [-0.4, -0.2) is 0 Å². The minimum atomic E-state index is 1.15. The topological polar surface area (TPSA) is 0 Å². The minimum Gasteiger partial charge on any atom is -0.0885 e. The van der Waals surface area contributed by atoms with Gasteiger partial charge in [-0.15, -0.1) is 0 Å². The first-order valence-electron chi connectivity index (χ1n) is 4.97. The summed E-state index contributed by atoms with van der Waals surface area (Å²) in [7, 11) is 0. The molecule has 0 N–H and O–H groups in total. The van der Waals surface area contributed by atoms with Crippen LogP contribution in [0.2, 0.25) is 0 Å². The van der Waals surface area contributed by atoms with Crippen molar-refractivity contribution >= 4 is 0 Å². The van der Waals surface area contributed by atoms with Gasteiger partial charge in [0, 0.05) is 0 Å². The highest BCUT2D eigenvalue weighted by Gasteiger charge is 1.81. The van der Waals surface area contributed by atoms with Gasteiger partial charge in [-0.05, 0) is 32.1 Å². The van der Waals surface area contributed by atoms with Gasteiger partial charge in [0.25, 0.3) is 0 Å². The van der Waals surface area contributed by atoms with Crippen LogP contribution in [0.15, 0.2) is 48.6 Å². The molecule has 1 rings (SSSR count). The molecule has 0 heteroatoms. The summed E-state index contributed by atoms with van der Waals surface area (Å²) in [5.74, 6) is 0. The van der Waals surface area contributed by atoms with E-state index in [-0.39, 0.29) is 0 Å². The Kier molecular flexibility index (Phi) is 5.87. The molecule has 0 heterocycles. The first kappa shape index (κ1) is 10.0. The summed E-state index contributed by atoms with van der Waals surface area (Å²) in [5, 5.41) is 0. The third kappa shape index (κ3) is 6.15. The maximum absolute atomic E-state index is 2.27. The van der Waals surface area contributed by atoms with E-state index in [4.69, 9.17) is 0 Å². The maximum Gasteiger partial charge on any atom is -0.0164 e. The van der Waals surface area contributed by atoms with E-state index in [9.17, 15) is 0 Å². The summed E-state index contributed by atoms with van der Waals surface area (Å²) in [4.78, 5) is 0. The zero-order chi connectivity index (χ0) is 9.19. The normalized spacial score (nSPS) is 28.9. The van der Waals surface area contributed by atoms with Gasteiger partial charge in [0.05, 0.1) is 0 Å².